The summed E-state index contributed by atoms with van der Waals surface area (Å²) in [4.78, 5) is 5.11. The Hall–Kier alpha value is -1.06. The minimum absolute atomic E-state index is 0.176. The minimum atomic E-state index is -0.176. The zero-order chi connectivity index (χ0) is 13.2. The van der Waals surface area contributed by atoms with Gasteiger partial charge in [-0.2, -0.15) is 0 Å². The third kappa shape index (κ3) is 2.77. The van der Waals surface area contributed by atoms with Gasteiger partial charge in [0.2, 0.25) is 0 Å². The Balaban J connectivity index is 1.66. The van der Waals surface area contributed by atoms with Gasteiger partial charge < -0.3 is 10.0 Å². The summed E-state index contributed by atoms with van der Waals surface area (Å²) in [7, 11) is 0. The summed E-state index contributed by atoms with van der Waals surface area (Å²) in [5.41, 5.74) is 2.96. The lowest BCUT2D eigenvalue weighted by molar-refractivity contribution is 0.143. The highest BCUT2D eigenvalue weighted by Crippen LogP contribution is 2.32. The molecule has 104 valence electrons. The SMILES string of the molecule is CC(O)CCN1CCN2c3ccccc3CCC2C1. The first-order valence-electron chi connectivity index (χ1n) is 7.49. The van der Waals surface area contributed by atoms with Gasteiger partial charge in [-0.3, -0.25) is 4.90 Å². The van der Waals surface area contributed by atoms with Crippen LogP contribution in [0.2, 0.25) is 0 Å². The largest absolute Gasteiger partial charge is 0.393 e. The Morgan fingerprint density at radius 3 is 3.00 bits per heavy atom. The number of benzene rings is 1. The van der Waals surface area contributed by atoms with Crippen molar-refractivity contribution in [2.45, 2.75) is 38.3 Å². The second-order valence-electron chi connectivity index (χ2n) is 5.95. The number of aryl methyl sites for hydroxylation is 1. The molecule has 2 atom stereocenters. The maximum atomic E-state index is 9.41. The predicted octanol–water partition coefficient (Wildman–Crippen LogP) is 1.89. The summed E-state index contributed by atoms with van der Waals surface area (Å²) in [6.45, 7) is 6.32. The molecule has 1 aromatic rings. The number of aliphatic hydroxyl groups is 1. The molecule has 1 N–H and O–H groups in total. The Kier molecular flexibility index (Phi) is 3.76. The maximum absolute atomic E-state index is 9.41. The second kappa shape index (κ2) is 5.51. The molecule has 2 heterocycles. The molecule has 1 aromatic carbocycles. The van der Waals surface area contributed by atoms with Gasteiger partial charge in [-0.25, -0.2) is 0 Å². The molecule has 2 aliphatic heterocycles. The molecule has 2 unspecified atom stereocenters. The summed E-state index contributed by atoms with van der Waals surface area (Å²) in [6, 6.07) is 9.51. The number of para-hydroxylation sites is 1. The fourth-order valence-electron chi connectivity index (χ4n) is 3.38. The lowest BCUT2D eigenvalue weighted by atomic mass is 9.94. The van der Waals surface area contributed by atoms with E-state index in [1.165, 1.54) is 24.1 Å². The normalized spacial score (nSPS) is 24.7. The summed E-state index contributed by atoms with van der Waals surface area (Å²) >= 11 is 0. The predicted molar refractivity (Wildman–Crippen MR) is 78.6 cm³/mol. The number of hydrogen-bond donors (Lipinski definition) is 1. The van der Waals surface area contributed by atoms with Crippen molar-refractivity contribution in [3.63, 3.8) is 0 Å². The second-order valence-corrected chi connectivity index (χ2v) is 5.95. The monoisotopic (exact) mass is 260 g/mol. The van der Waals surface area contributed by atoms with E-state index in [2.05, 4.69) is 34.1 Å². The van der Waals surface area contributed by atoms with Crippen LogP contribution in [0.4, 0.5) is 5.69 Å². The minimum Gasteiger partial charge on any atom is -0.393 e. The van der Waals surface area contributed by atoms with Crippen LogP contribution in [0.3, 0.4) is 0 Å². The zero-order valence-corrected chi connectivity index (χ0v) is 11.8. The van der Waals surface area contributed by atoms with Crippen LogP contribution < -0.4 is 4.90 Å². The average Bonchev–Trinajstić information content (AvgIpc) is 2.44. The van der Waals surface area contributed by atoms with E-state index in [0.29, 0.717) is 6.04 Å². The molecule has 0 radical (unpaired) electrons. The van der Waals surface area contributed by atoms with Gasteiger partial charge in [0.1, 0.15) is 0 Å². The van der Waals surface area contributed by atoms with Crippen molar-refractivity contribution in [2.24, 2.45) is 0 Å². The van der Waals surface area contributed by atoms with Gasteiger partial charge >= 0.3 is 0 Å². The molecule has 3 heteroatoms. The van der Waals surface area contributed by atoms with E-state index in [1.54, 1.807) is 0 Å². The van der Waals surface area contributed by atoms with Gasteiger partial charge in [-0.1, -0.05) is 18.2 Å². The fraction of sp³-hybridized carbons (Fsp3) is 0.625. The molecule has 0 aromatic heterocycles. The maximum Gasteiger partial charge on any atom is 0.0524 e. The molecule has 3 rings (SSSR count). The quantitative estimate of drug-likeness (QED) is 0.899. The molecular formula is C16H24N2O. The van der Waals surface area contributed by atoms with Crippen molar-refractivity contribution in [2.75, 3.05) is 31.1 Å². The Labute approximate surface area is 115 Å². The molecule has 0 bridgehead atoms. The summed E-state index contributed by atoms with van der Waals surface area (Å²) < 4.78 is 0. The van der Waals surface area contributed by atoms with Crippen LogP contribution in [-0.2, 0) is 6.42 Å². The lowest BCUT2D eigenvalue weighted by Gasteiger charge is -2.46. The van der Waals surface area contributed by atoms with Crippen molar-refractivity contribution >= 4 is 5.69 Å². The van der Waals surface area contributed by atoms with Crippen molar-refractivity contribution in [1.29, 1.82) is 0 Å². The van der Waals surface area contributed by atoms with Crippen molar-refractivity contribution in [3.8, 4) is 0 Å². The van der Waals surface area contributed by atoms with E-state index in [1.807, 2.05) is 6.92 Å². The Morgan fingerprint density at radius 2 is 2.16 bits per heavy atom. The number of nitrogens with zero attached hydrogens (tertiary/aromatic N) is 2. The smallest absolute Gasteiger partial charge is 0.0524 e. The van der Waals surface area contributed by atoms with Gasteiger partial charge in [-0.15, -0.1) is 0 Å². The highest BCUT2D eigenvalue weighted by atomic mass is 16.3. The molecule has 0 amide bonds. The van der Waals surface area contributed by atoms with Gasteiger partial charge in [0.15, 0.2) is 0 Å². The number of aliphatic hydroxyl groups excluding tert-OH is 1. The molecular weight excluding hydrogens is 236 g/mol. The van der Waals surface area contributed by atoms with Crippen LogP contribution in [0.25, 0.3) is 0 Å². The summed E-state index contributed by atoms with van der Waals surface area (Å²) in [6.07, 6.45) is 3.19. The Morgan fingerprint density at radius 1 is 1.32 bits per heavy atom. The van der Waals surface area contributed by atoms with Crippen molar-refractivity contribution in [1.82, 2.24) is 4.90 Å². The molecule has 3 nitrogen and oxygen atoms in total. The number of piperazine rings is 1. The van der Waals surface area contributed by atoms with E-state index >= 15 is 0 Å². The van der Waals surface area contributed by atoms with Crippen LogP contribution in [0.15, 0.2) is 24.3 Å². The average molecular weight is 260 g/mol. The first kappa shape index (κ1) is 12.9. The van der Waals surface area contributed by atoms with E-state index in [9.17, 15) is 5.11 Å². The lowest BCUT2D eigenvalue weighted by Crippen LogP contribution is -2.55. The Bertz CT molecular complexity index is 433. The van der Waals surface area contributed by atoms with Crippen LogP contribution >= 0.6 is 0 Å². The number of rotatable bonds is 3. The standard InChI is InChI=1S/C16H24N2O/c1-13(19)8-9-17-10-11-18-15(12-17)7-6-14-4-2-3-5-16(14)18/h2-5,13,15,19H,6-12H2,1H3. The number of anilines is 1. The van der Waals surface area contributed by atoms with Crippen LogP contribution in [0.5, 0.6) is 0 Å². The third-order valence-electron chi connectivity index (χ3n) is 4.48. The molecule has 1 saturated heterocycles. The fourth-order valence-corrected chi connectivity index (χ4v) is 3.38. The molecule has 1 fully saturated rings. The summed E-state index contributed by atoms with van der Waals surface area (Å²) in [5, 5.41) is 9.41. The molecule has 0 aliphatic carbocycles. The number of hydrogen-bond acceptors (Lipinski definition) is 3. The van der Waals surface area contributed by atoms with Crippen molar-refractivity contribution in [3.05, 3.63) is 29.8 Å². The molecule has 0 spiro atoms. The first-order chi connectivity index (χ1) is 9.24. The third-order valence-corrected chi connectivity index (χ3v) is 4.48. The van der Waals surface area contributed by atoms with Gasteiger partial charge in [0, 0.05) is 37.9 Å². The van der Waals surface area contributed by atoms with Crippen molar-refractivity contribution < 1.29 is 5.11 Å². The van der Waals surface area contributed by atoms with Gasteiger partial charge in [-0.05, 0) is 37.8 Å². The van der Waals surface area contributed by atoms with Crippen LogP contribution in [0, 0.1) is 0 Å². The van der Waals surface area contributed by atoms with Gasteiger partial charge in [0.05, 0.1) is 6.10 Å². The van der Waals surface area contributed by atoms with E-state index in [-0.39, 0.29) is 6.10 Å². The van der Waals surface area contributed by atoms with E-state index in [4.69, 9.17) is 0 Å². The van der Waals surface area contributed by atoms with E-state index in [0.717, 1.165) is 32.6 Å². The molecule has 0 saturated carbocycles. The number of fused-ring (bicyclic) bond motifs is 3. The first-order valence-corrected chi connectivity index (χ1v) is 7.49. The van der Waals surface area contributed by atoms with E-state index < -0.39 is 0 Å². The van der Waals surface area contributed by atoms with Crippen LogP contribution in [0.1, 0.15) is 25.3 Å². The molecule has 19 heavy (non-hydrogen) atoms. The molecule has 2 aliphatic rings. The van der Waals surface area contributed by atoms with Gasteiger partial charge in [0.25, 0.3) is 0 Å². The zero-order valence-electron chi connectivity index (χ0n) is 11.8. The highest BCUT2D eigenvalue weighted by Gasteiger charge is 2.31. The highest BCUT2D eigenvalue weighted by molar-refractivity contribution is 5.57. The van der Waals surface area contributed by atoms with Crippen LogP contribution in [-0.4, -0.2) is 48.3 Å². The summed E-state index contributed by atoms with van der Waals surface area (Å²) in [5.74, 6) is 0. The topological polar surface area (TPSA) is 26.7 Å².